The van der Waals surface area contributed by atoms with E-state index < -0.39 is 18.2 Å². The standard InChI is InChI=1S/C19H32O4/c1-2-3-4-5-8-12-17(20)13-9-6-7-10-14-18(21)15-11-16-19(22)23/h6-7,9-10,13-14,17-18,20-21H,2-5,8,11-12,15-16H2,1H3,(H,22,23). The molecule has 0 bridgehead atoms. The fraction of sp³-hybridized carbons (Fsp3) is 0.632. The van der Waals surface area contributed by atoms with Gasteiger partial charge in [0.1, 0.15) is 0 Å². The summed E-state index contributed by atoms with van der Waals surface area (Å²) in [6.07, 6.45) is 17.3. The highest BCUT2D eigenvalue weighted by Gasteiger charge is 2.01. The molecule has 0 aliphatic heterocycles. The first-order valence-electron chi connectivity index (χ1n) is 8.65. The summed E-state index contributed by atoms with van der Waals surface area (Å²) in [6, 6.07) is 0. The molecule has 0 rings (SSSR count). The molecule has 2 unspecified atom stereocenters. The first kappa shape index (κ1) is 21.6. The lowest BCUT2D eigenvalue weighted by Crippen LogP contribution is -2.03. The molecule has 0 fully saturated rings. The fourth-order valence-corrected chi connectivity index (χ4v) is 2.13. The van der Waals surface area contributed by atoms with E-state index in [1.165, 1.54) is 25.7 Å². The van der Waals surface area contributed by atoms with Crippen LogP contribution < -0.4 is 0 Å². The first-order chi connectivity index (χ1) is 11.1. The predicted molar refractivity (Wildman–Crippen MR) is 94.3 cm³/mol. The number of aliphatic hydroxyl groups is 2. The maximum atomic E-state index is 10.3. The van der Waals surface area contributed by atoms with Gasteiger partial charge in [0, 0.05) is 6.42 Å². The van der Waals surface area contributed by atoms with Crippen LogP contribution in [0, 0.1) is 0 Å². The van der Waals surface area contributed by atoms with Gasteiger partial charge >= 0.3 is 5.97 Å². The molecule has 3 N–H and O–H groups in total. The molecule has 0 aliphatic rings. The van der Waals surface area contributed by atoms with Gasteiger partial charge < -0.3 is 15.3 Å². The van der Waals surface area contributed by atoms with Crippen molar-refractivity contribution in [1.82, 2.24) is 0 Å². The molecule has 0 heterocycles. The van der Waals surface area contributed by atoms with E-state index in [-0.39, 0.29) is 6.42 Å². The number of unbranched alkanes of at least 4 members (excludes halogenated alkanes) is 4. The van der Waals surface area contributed by atoms with Crippen LogP contribution in [0.25, 0.3) is 0 Å². The third-order valence-electron chi connectivity index (χ3n) is 3.49. The Hall–Kier alpha value is -1.39. The van der Waals surface area contributed by atoms with Crippen LogP contribution in [-0.2, 0) is 4.79 Å². The molecule has 0 aromatic heterocycles. The molecular formula is C19H32O4. The number of rotatable bonds is 14. The van der Waals surface area contributed by atoms with Crippen LogP contribution >= 0.6 is 0 Å². The Morgan fingerprint density at radius 1 is 0.826 bits per heavy atom. The average molecular weight is 324 g/mol. The molecule has 0 aromatic rings. The smallest absolute Gasteiger partial charge is 0.303 e. The highest BCUT2D eigenvalue weighted by molar-refractivity contribution is 5.66. The molecule has 0 saturated carbocycles. The van der Waals surface area contributed by atoms with Gasteiger partial charge in [-0.15, -0.1) is 0 Å². The molecule has 4 heteroatoms. The Morgan fingerprint density at radius 2 is 1.35 bits per heavy atom. The number of allylic oxidation sites excluding steroid dienone is 4. The van der Waals surface area contributed by atoms with Crippen molar-refractivity contribution in [2.45, 2.75) is 76.9 Å². The van der Waals surface area contributed by atoms with Crippen molar-refractivity contribution in [3.8, 4) is 0 Å². The van der Waals surface area contributed by atoms with Gasteiger partial charge in [-0.2, -0.15) is 0 Å². The van der Waals surface area contributed by atoms with Crippen LogP contribution in [0.4, 0.5) is 0 Å². The number of aliphatic carboxylic acids is 1. The number of aliphatic hydroxyl groups excluding tert-OH is 2. The summed E-state index contributed by atoms with van der Waals surface area (Å²) < 4.78 is 0. The van der Waals surface area contributed by atoms with Gasteiger partial charge in [0.15, 0.2) is 0 Å². The summed E-state index contributed by atoms with van der Waals surface area (Å²) in [4.78, 5) is 10.3. The van der Waals surface area contributed by atoms with Gasteiger partial charge in [0.25, 0.3) is 0 Å². The Labute approximate surface area is 140 Å². The van der Waals surface area contributed by atoms with Crippen molar-refractivity contribution < 1.29 is 20.1 Å². The zero-order chi connectivity index (χ0) is 17.3. The van der Waals surface area contributed by atoms with E-state index in [1.807, 2.05) is 0 Å². The van der Waals surface area contributed by atoms with Gasteiger partial charge in [0.2, 0.25) is 0 Å². The Bertz CT molecular complexity index is 372. The highest BCUT2D eigenvalue weighted by Crippen LogP contribution is 2.08. The van der Waals surface area contributed by atoms with E-state index in [4.69, 9.17) is 5.11 Å². The second kappa shape index (κ2) is 15.5. The maximum absolute atomic E-state index is 10.3. The monoisotopic (exact) mass is 324 g/mol. The molecule has 0 amide bonds. The van der Waals surface area contributed by atoms with Crippen molar-refractivity contribution in [3.63, 3.8) is 0 Å². The van der Waals surface area contributed by atoms with E-state index in [0.717, 1.165) is 12.8 Å². The summed E-state index contributed by atoms with van der Waals surface area (Å²) >= 11 is 0. The van der Waals surface area contributed by atoms with Gasteiger partial charge in [-0.25, -0.2) is 0 Å². The van der Waals surface area contributed by atoms with Crippen molar-refractivity contribution >= 4 is 5.97 Å². The minimum atomic E-state index is -0.838. The van der Waals surface area contributed by atoms with Gasteiger partial charge in [-0.05, 0) is 19.3 Å². The van der Waals surface area contributed by atoms with Gasteiger partial charge in [0.05, 0.1) is 12.2 Å². The lowest BCUT2D eigenvalue weighted by atomic mass is 10.1. The van der Waals surface area contributed by atoms with Gasteiger partial charge in [-0.3, -0.25) is 4.79 Å². The molecule has 0 spiro atoms. The first-order valence-corrected chi connectivity index (χ1v) is 8.65. The third-order valence-corrected chi connectivity index (χ3v) is 3.49. The summed E-state index contributed by atoms with van der Waals surface area (Å²) in [5.74, 6) is -0.838. The van der Waals surface area contributed by atoms with Crippen LogP contribution in [0.1, 0.15) is 64.7 Å². The summed E-state index contributed by atoms with van der Waals surface area (Å²) in [5, 5.41) is 27.9. The Morgan fingerprint density at radius 3 is 1.87 bits per heavy atom. The summed E-state index contributed by atoms with van der Waals surface area (Å²) in [5.41, 5.74) is 0. The molecule has 132 valence electrons. The number of carboxylic acids is 1. The number of hydrogen-bond acceptors (Lipinski definition) is 3. The van der Waals surface area contributed by atoms with Crippen molar-refractivity contribution in [1.29, 1.82) is 0 Å². The zero-order valence-electron chi connectivity index (χ0n) is 14.2. The molecular weight excluding hydrogens is 292 g/mol. The molecule has 2 atom stereocenters. The average Bonchev–Trinajstić information content (AvgIpc) is 2.50. The highest BCUT2D eigenvalue weighted by atomic mass is 16.4. The topological polar surface area (TPSA) is 77.8 Å². The minimum absolute atomic E-state index is 0.0831. The number of carbonyl (C=O) groups is 1. The van der Waals surface area contributed by atoms with Crippen LogP contribution in [0.3, 0.4) is 0 Å². The normalized spacial score (nSPS) is 14.9. The minimum Gasteiger partial charge on any atom is -0.481 e. The van der Waals surface area contributed by atoms with E-state index in [1.54, 1.807) is 36.5 Å². The molecule has 23 heavy (non-hydrogen) atoms. The van der Waals surface area contributed by atoms with Crippen molar-refractivity contribution in [3.05, 3.63) is 36.5 Å². The van der Waals surface area contributed by atoms with E-state index in [0.29, 0.717) is 12.8 Å². The molecule has 0 saturated heterocycles. The van der Waals surface area contributed by atoms with Crippen molar-refractivity contribution in [2.75, 3.05) is 0 Å². The Kier molecular flexibility index (Phi) is 14.6. The van der Waals surface area contributed by atoms with E-state index in [2.05, 4.69) is 6.92 Å². The largest absolute Gasteiger partial charge is 0.481 e. The number of hydrogen-bond donors (Lipinski definition) is 3. The summed E-state index contributed by atoms with van der Waals surface area (Å²) in [6.45, 7) is 2.19. The van der Waals surface area contributed by atoms with Gasteiger partial charge in [-0.1, -0.05) is 75.5 Å². The molecule has 0 radical (unpaired) electrons. The lowest BCUT2D eigenvalue weighted by Gasteiger charge is -2.04. The van der Waals surface area contributed by atoms with Crippen LogP contribution in [-0.4, -0.2) is 33.5 Å². The fourth-order valence-electron chi connectivity index (χ4n) is 2.13. The SMILES string of the molecule is CCCCCCCC(O)C=CC=CC=CC(O)CCCC(=O)O. The van der Waals surface area contributed by atoms with Crippen LogP contribution in [0.2, 0.25) is 0 Å². The molecule has 0 aromatic carbocycles. The molecule has 0 aliphatic carbocycles. The maximum Gasteiger partial charge on any atom is 0.303 e. The number of carboxylic acid groups (broad SMARTS) is 1. The Balaban J connectivity index is 3.73. The van der Waals surface area contributed by atoms with E-state index in [9.17, 15) is 15.0 Å². The van der Waals surface area contributed by atoms with Crippen molar-refractivity contribution in [2.24, 2.45) is 0 Å². The second-order valence-electron chi connectivity index (χ2n) is 5.78. The zero-order valence-corrected chi connectivity index (χ0v) is 14.2. The molecule has 4 nitrogen and oxygen atoms in total. The van der Waals surface area contributed by atoms with Crippen LogP contribution in [0.15, 0.2) is 36.5 Å². The lowest BCUT2D eigenvalue weighted by molar-refractivity contribution is -0.137. The summed E-state index contributed by atoms with van der Waals surface area (Å²) in [7, 11) is 0. The third kappa shape index (κ3) is 16.8. The predicted octanol–water partition coefficient (Wildman–Crippen LogP) is 3.99. The van der Waals surface area contributed by atoms with Crippen LogP contribution in [0.5, 0.6) is 0 Å². The quantitative estimate of drug-likeness (QED) is 0.333. The van der Waals surface area contributed by atoms with E-state index >= 15 is 0 Å². The second-order valence-corrected chi connectivity index (χ2v) is 5.78.